The number of methoxy groups -OCH3 is 1. The normalized spacial score (nSPS) is 10.6. The Labute approximate surface area is 190 Å². The predicted molar refractivity (Wildman–Crippen MR) is 127 cm³/mol. The van der Waals surface area contributed by atoms with Crippen molar-refractivity contribution in [2.75, 3.05) is 19.0 Å². The molecule has 0 saturated carbocycles. The Morgan fingerprint density at radius 2 is 1.94 bits per heavy atom. The molecule has 4 rings (SSSR count). The number of fused-ring (bicyclic) bond motifs is 1. The van der Waals surface area contributed by atoms with Crippen LogP contribution in [0, 0.1) is 0 Å². The van der Waals surface area contributed by atoms with E-state index in [1.54, 1.807) is 43.5 Å². The Morgan fingerprint density at radius 3 is 2.72 bits per heavy atom. The fraction of sp³-hybridized carbons (Fsp3) is 0.125. The second-order valence-electron chi connectivity index (χ2n) is 6.77. The minimum Gasteiger partial charge on any atom is -0.495 e. The molecular weight excluding hydrogens is 426 g/mol. The van der Waals surface area contributed by atoms with Gasteiger partial charge in [0.15, 0.2) is 10.7 Å². The van der Waals surface area contributed by atoms with Crippen molar-refractivity contribution < 1.29 is 18.7 Å². The van der Waals surface area contributed by atoms with E-state index < -0.39 is 0 Å². The number of ether oxygens (including phenoxy) is 2. The van der Waals surface area contributed by atoms with E-state index in [2.05, 4.69) is 15.6 Å². The van der Waals surface area contributed by atoms with Crippen LogP contribution < -0.4 is 20.1 Å². The molecule has 0 aliphatic rings. The van der Waals surface area contributed by atoms with Gasteiger partial charge < -0.3 is 19.2 Å². The van der Waals surface area contributed by atoms with E-state index in [9.17, 15) is 4.79 Å². The maximum Gasteiger partial charge on any atom is 0.257 e. The van der Waals surface area contributed by atoms with Crippen molar-refractivity contribution in [2.45, 2.75) is 6.92 Å². The SMILES string of the molecule is CCOc1cccc(C(=O)NC(=S)Nc2cc(-c3nc4ccccc4o3)ccc2OC)c1. The van der Waals surface area contributed by atoms with Crippen LogP contribution in [-0.4, -0.2) is 29.7 Å². The molecule has 0 atom stereocenters. The molecule has 0 spiro atoms. The molecule has 3 aromatic carbocycles. The fourth-order valence-corrected chi connectivity index (χ4v) is 3.36. The third-order valence-corrected chi connectivity index (χ3v) is 4.83. The summed E-state index contributed by atoms with van der Waals surface area (Å²) >= 11 is 5.35. The smallest absolute Gasteiger partial charge is 0.257 e. The van der Waals surface area contributed by atoms with Gasteiger partial charge in [0.1, 0.15) is 17.0 Å². The van der Waals surface area contributed by atoms with Gasteiger partial charge in [-0.3, -0.25) is 10.1 Å². The van der Waals surface area contributed by atoms with Gasteiger partial charge in [0, 0.05) is 11.1 Å². The fourth-order valence-electron chi connectivity index (χ4n) is 3.16. The predicted octanol–water partition coefficient (Wildman–Crippen LogP) is 5.03. The van der Waals surface area contributed by atoms with E-state index in [0.717, 1.165) is 11.1 Å². The van der Waals surface area contributed by atoms with Gasteiger partial charge in [-0.25, -0.2) is 4.98 Å². The summed E-state index contributed by atoms with van der Waals surface area (Å²) in [6.07, 6.45) is 0. The Morgan fingerprint density at radius 1 is 1.09 bits per heavy atom. The molecule has 32 heavy (non-hydrogen) atoms. The van der Waals surface area contributed by atoms with Crippen LogP contribution >= 0.6 is 12.2 Å². The average molecular weight is 448 g/mol. The largest absolute Gasteiger partial charge is 0.495 e. The van der Waals surface area contributed by atoms with E-state index in [-0.39, 0.29) is 11.0 Å². The minimum absolute atomic E-state index is 0.129. The van der Waals surface area contributed by atoms with Crippen molar-refractivity contribution >= 4 is 40.0 Å². The first-order valence-electron chi connectivity index (χ1n) is 9.96. The number of para-hydroxylation sites is 2. The topological polar surface area (TPSA) is 85.6 Å². The number of aromatic nitrogens is 1. The standard InChI is InChI=1S/C24H21N3O4S/c1-3-30-17-8-6-7-15(13-17)22(28)27-24(32)26-19-14-16(11-12-20(19)29-2)23-25-18-9-4-5-10-21(18)31-23/h4-14H,3H2,1-2H3,(H2,26,27,28,32). The lowest BCUT2D eigenvalue weighted by atomic mass is 10.2. The number of rotatable bonds is 6. The highest BCUT2D eigenvalue weighted by Gasteiger charge is 2.14. The molecule has 0 saturated heterocycles. The number of hydrogen-bond acceptors (Lipinski definition) is 6. The maximum absolute atomic E-state index is 12.6. The number of hydrogen-bond donors (Lipinski definition) is 2. The molecule has 1 aromatic heterocycles. The van der Waals surface area contributed by atoms with Crippen molar-refractivity contribution in [2.24, 2.45) is 0 Å². The van der Waals surface area contributed by atoms with Crippen molar-refractivity contribution in [3.8, 4) is 23.0 Å². The molecule has 0 unspecified atom stereocenters. The molecule has 1 heterocycles. The number of nitrogens with zero attached hydrogens (tertiary/aromatic N) is 1. The van der Waals surface area contributed by atoms with Gasteiger partial charge in [0.25, 0.3) is 5.91 Å². The highest BCUT2D eigenvalue weighted by Crippen LogP contribution is 2.31. The van der Waals surface area contributed by atoms with Crippen molar-refractivity contribution in [1.29, 1.82) is 0 Å². The van der Waals surface area contributed by atoms with Crippen LogP contribution in [0.5, 0.6) is 11.5 Å². The van der Waals surface area contributed by atoms with Gasteiger partial charge in [0.05, 0.1) is 19.4 Å². The van der Waals surface area contributed by atoms with Crippen LogP contribution in [0.4, 0.5) is 5.69 Å². The summed E-state index contributed by atoms with van der Waals surface area (Å²) in [5, 5.41) is 5.83. The van der Waals surface area contributed by atoms with E-state index in [1.807, 2.05) is 37.3 Å². The lowest BCUT2D eigenvalue weighted by Gasteiger charge is -2.14. The number of amides is 1. The molecule has 1 amide bonds. The van der Waals surface area contributed by atoms with Crippen molar-refractivity contribution in [1.82, 2.24) is 10.3 Å². The molecule has 0 aliphatic carbocycles. The molecule has 162 valence electrons. The Bertz CT molecular complexity index is 1250. The van der Waals surface area contributed by atoms with Gasteiger partial charge in [-0.15, -0.1) is 0 Å². The summed E-state index contributed by atoms with van der Waals surface area (Å²) in [5.74, 6) is 1.30. The molecule has 8 heteroatoms. The zero-order chi connectivity index (χ0) is 22.5. The van der Waals surface area contributed by atoms with E-state index >= 15 is 0 Å². The van der Waals surface area contributed by atoms with Crippen LogP contribution in [0.2, 0.25) is 0 Å². The summed E-state index contributed by atoms with van der Waals surface area (Å²) in [7, 11) is 1.56. The Balaban J connectivity index is 1.52. The third-order valence-electron chi connectivity index (χ3n) is 4.62. The van der Waals surface area contributed by atoms with Crippen LogP contribution in [0.25, 0.3) is 22.6 Å². The van der Waals surface area contributed by atoms with Crippen molar-refractivity contribution in [3.05, 3.63) is 72.3 Å². The van der Waals surface area contributed by atoms with Gasteiger partial charge in [-0.2, -0.15) is 0 Å². The number of carbonyl (C=O) groups is 1. The summed E-state index contributed by atoms with van der Waals surface area (Å²) in [6.45, 7) is 2.40. The van der Waals surface area contributed by atoms with E-state index in [0.29, 0.717) is 40.8 Å². The van der Waals surface area contributed by atoms with Crippen LogP contribution in [0.1, 0.15) is 17.3 Å². The summed E-state index contributed by atoms with van der Waals surface area (Å²) in [5.41, 5.74) is 3.21. The molecule has 0 bridgehead atoms. The molecule has 0 radical (unpaired) electrons. The maximum atomic E-state index is 12.6. The monoisotopic (exact) mass is 447 g/mol. The summed E-state index contributed by atoms with van der Waals surface area (Å²) in [4.78, 5) is 17.1. The third kappa shape index (κ3) is 4.70. The number of thiocarbonyl (C=S) groups is 1. The summed E-state index contributed by atoms with van der Waals surface area (Å²) < 4.78 is 16.7. The van der Waals surface area contributed by atoms with Gasteiger partial charge in [-0.05, 0) is 67.7 Å². The molecule has 0 aliphatic heterocycles. The molecule has 4 aromatic rings. The number of oxazole rings is 1. The van der Waals surface area contributed by atoms with E-state index in [4.69, 9.17) is 26.1 Å². The first kappa shape index (κ1) is 21.3. The molecule has 7 nitrogen and oxygen atoms in total. The minimum atomic E-state index is -0.349. The number of nitrogens with one attached hydrogen (secondary N) is 2. The number of benzene rings is 3. The molecular formula is C24H21N3O4S. The second kappa shape index (κ2) is 9.49. The quantitative estimate of drug-likeness (QED) is 0.401. The number of anilines is 1. The molecule has 2 N–H and O–H groups in total. The lowest BCUT2D eigenvalue weighted by Crippen LogP contribution is -2.34. The average Bonchev–Trinajstić information content (AvgIpc) is 3.24. The van der Waals surface area contributed by atoms with Gasteiger partial charge in [-0.1, -0.05) is 18.2 Å². The van der Waals surface area contributed by atoms with Crippen LogP contribution in [-0.2, 0) is 0 Å². The van der Waals surface area contributed by atoms with Crippen molar-refractivity contribution in [3.63, 3.8) is 0 Å². The first-order valence-corrected chi connectivity index (χ1v) is 10.4. The highest BCUT2D eigenvalue weighted by molar-refractivity contribution is 7.80. The van der Waals surface area contributed by atoms with Crippen LogP contribution in [0.15, 0.2) is 71.1 Å². The van der Waals surface area contributed by atoms with Crippen LogP contribution in [0.3, 0.4) is 0 Å². The first-order chi connectivity index (χ1) is 15.6. The molecule has 0 fully saturated rings. The lowest BCUT2D eigenvalue weighted by molar-refractivity contribution is 0.0977. The highest BCUT2D eigenvalue weighted by atomic mass is 32.1. The second-order valence-corrected chi connectivity index (χ2v) is 7.18. The Kier molecular flexibility index (Phi) is 6.32. The number of carbonyl (C=O) groups excluding carboxylic acids is 1. The summed E-state index contributed by atoms with van der Waals surface area (Å²) in [6, 6.07) is 19.9. The zero-order valence-corrected chi connectivity index (χ0v) is 18.4. The Hall–Kier alpha value is -3.91. The van der Waals surface area contributed by atoms with E-state index in [1.165, 1.54) is 0 Å². The van der Waals surface area contributed by atoms with Gasteiger partial charge >= 0.3 is 0 Å². The zero-order valence-electron chi connectivity index (χ0n) is 17.5. The van der Waals surface area contributed by atoms with Gasteiger partial charge in [0.2, 0.25) is 5.89 Å².